The van der Waals surface area contributed by atoms with E-state index < -0.39 is 0 Å². The topological polar surface area (TPSA) is 55.1 Å². The van der Waals surface area contributed by atoms with E-state index in [1.165, 1.54) is 63.9 Å². The van der Waals surface area contributed by atoms with E-state index in [0.29, 0.717) is 19.0 Å². The molecule has 0 saturated carbocycles. The number of nitrogens with one attached hydrogen (secondary N) is 1. The number of nitrogens with two attached hydrogens (primary N) is 1. The van der Waals surface area contributed by atoms with Gasteiger partial charge in [0.2, 0.25) is 5.91 Å². The lowest BCUT2D eigenvalue weighted by molar-refractivity contribution is -0.116. The van der Waals surface area contributed by atoms with Crippen molar-refractivity contribution in [2.45, 2.75) is 71.1 Å². The Kier molecular flexibility index (Phi) is 19.3. The first-order valence-electron chi connectivity index (χ1n) is 8.34. The van der Waals surface area contributed by atoms with Crippen LogP contribution in [0.3, 0.4) is 0 Å². The lowest BCUT2D eigenvalue weighted by Gasteiger charge is -2.14. The van der Waals surface area contributed by atoms with Gasteiger partial charge in [0.15, 0.2) is 0 Å². The maximum atomic E-state index is 11.1. The second kappa shape index (κ2) is 17.7. The van der Waals surface area contributed by atoms with Crippen LogP contribution in [0.5, 0.6) is 0 Å². The van der Waals surface area contributed by atoms with Crippen LogP contribution in [0.2, 0.25) is 0 Å². The Labute approximate surface area is 141 Å². The van der Waals surface area contributed by atoms with Crippen LogP contribution in [0, 0.1) is 5.92 Å². The van der Waals surface area contributed by atoms with E-state index in [9.17, 15) is 4.79 Å². The van der Waals surface area contributed by atoms with Gasteiger partial charge >= 0.3 is 0 Å². The quantitative estimate of drug-likeness (QED) is 0.356. The number of rotatable bonds is 14. The Hall–Kier alpha value is -0.350. The van der Waals surface area contributed by atoms with Crippen LogP contribution in [0.1, 0.15) is 71.1 Å². The molecule has 1 amide bonds. The first-order chi connectivity index (χ1) is 9.74. The Bertz CT molecular complexity index is 247. The number of carbonyl (C=O) groups is 1. The summed E-state index contributed by atoms with van der Waals surface area (Å²) in [6, 6.07) is 0. The van der Waals surface area contributed by atoms with Crippen molar-refractivity contribution in [3.8, 4) is 0 Å². The maximum Gasteiger partial charge on any atom is 0.243 e. The summed E-state index contributed by atoms with van der Waals surface area (Å²) in [5.74, 6) is 0.305. The minimum Gasteiger partial charge on any atom is -0.352 e. The van der Waals surface area contributed by atoms with Crippen LogP contribution >= 0.6 is 17.0 Å². The SMILES string of the molecule is Br.C=CC(=O)NCC(CN)CCCCCCCCCCC. The van der Waals surface area contributed by atoms with E-state index >= 15 is 0 Å². The van der Waals surface area contributed by atoms with E-state index in [0.717, 1.165) is 6.42 Å². The summed E-state index contributed by atoms with van der Waals surface area (Å²) < 4.78 is 0. The number of amides is 1. The van der Waals surface area contributed by atoms with Crippen molar-refractivity contribution < 1.29 is 4.79 Å². The second-order valence-corrected chi connectivity index (χ2v) is 5.67. The summed E-state index contributed by atoms with van der Waals surface area (Å²) in [6.07, 6.45) is 14.5. The van der Waals surface area contributed by atoms with E-state index in [2.05, 4.69) is 18.8 Å². The number of carbonyl (C=O) groups excluding carboxylic acids is 1. The Balaban J connectivity index is 0. The fourth-order valence-electron chi connectivity index (χ4n) is 2.36. The van der Waals surface area contributed by atoms with Gasteiger partial charge in [-0.25, -0.2) is 0 Å². The second-order valence-electron chi connectivity index (χ2n) is 5.67. The molecule has 0 bridgehead atoms. The normalized spacial score (nSPS) is 11.5. The highest BCUT2D eigenvalue weighted by molar-refractivity contribution is 8.93. The summed E-state index contributed by atoms with van der Waals surface area (Å²) in [4.78, 5) is 11.1. The van der Waals surface area contributed by atoms with Crippen molar-refractivity contribution in [1.82, 2.24) is 5.32 Å². The molecule has 0 radical (unpaired) electrons. The molecule has 1 atom stereocenters. The van der Waals surface area contributed by atoms with Crippen molar-refractivity contribution in [1.29, 1.82) is 0 Å². The average molecular weight is 363 g/mol. The predicted octanol–water partition coefficient (Wildman–Crippen LogP) is 4.36. The molecule has 0 fully saturated rings. The lowest BCUT2D eigenvalue weighted by atomic mass is 10.00. The highest BCUT2D eigenvalue weighted by Gasteiger charge is 2.07. The van der Waals surface area contributed by atoms with E-state index in [-0.39, 0.29) is 22.9 Å². The van der Waals surface area contributed by atoms with Crippen LogP contribution in [0.15, 0.2) is 12.7 Å². The molecule has 0 aliphatic carbocycles. The van der Waals surface area contributed by atoms with Gasteiger partial charge in [0.25, 0.3) is 0 Å². The molecule has 3 N–H and O–H groups in total. The molecule has 0 saturated heterocycles. The zero-order valence-electron chi connectivity index (χ0n) is 13.7. The van der Waals surface area contributed by atoms with Crippen LogP contribution in [0.25, 0.3) is 0 Å². The maximum absolute atomic E-state index is 11.1. The molecule has 0 aromatic rings. The molecule has 0 aliphatic rings. The van der Waals surface area contributed by atoms with Crippen molar-refractivity contribution >= 4 is 22.9 Å². The predicted molar refractivity (Wildman–Crippen MR) is 97.9 cm³/mol. The van der Waals surface area contributed by atoms with Crippen molar-refractivity contribution in [2.24, 2.45) is 11.7 Å². The molecule has 126 valence electrons. The lowest BCUT2D eigenvalue weighted by Crippen LogP contribution is -2.31. The molecule has 0 aliphatic heterocycles. The standard InChI is InChI=1S/C17H34N2O.BrH/c1-3-5-6-7-8-9-10-11-12-13-16(14-18)15-19-17(20)4-2;/h4,16H,2-3,5-15,18H2,1H3,(H,19,20);1H. The van der Waals surface area contributed by atoms with Gasteiger partial charge in [0, 0.05) is 6.54 Å². The minimum absolute atomic E-state index is 0. The number of unbranched alkanes of at least 4 members (excludes halogenated alkanes) is 8. The van der Waals surface area contributed by atoms with E-state index in [4.69, 9.17) is 5.73 Å². The number of hydrogen-bond acceptors (Lipinski definition) is 2. The zero-order chi connectivity index (χ0) is 15.1. The summed E-state index contributed by atoms with van der Waals surface area (Å²) >= 11 is 0. The third-order valence-corrected chi connectivity index (χ3v) is 3.80. The van der Waals surface area contributed by atoms with Gasteiger partial charge in [-0.2, -0.15) is 0 Å². The highest BCUT2D eigenvalue weighted by Crippen LogP contribution is 2.13. The number of hydrogen-bond donors (Lipinski definition) is 2. The highest BCUT2D eigenvalue weighted by atomic mass is 79.9. The fraction of sp³-hybridized carbons (Fsp3) is 0.824. The van der Waals surface area contributed by atoms with Gasteiger partial charge in [-0.15, -0.1) is 17.0 Å². The summed E-state index contributed by atoms with van der Waals surface area (Å²) in [7, 11) is 0. The Morgan fingerprint density at radius 2 is 1.62 bits per heavy atom. The van der Waals surface area contributed by atoms with E-state index in [1.807, 2.05) is 0 Å². The van der Waals surface area contributed by atoms with Crippen molar-refractivity contribution in [3.63, 3.8) is 0 Å². The molecule has 1 unspecified atom stereocenters. The molecule has 3 nitrogen and oxygen atoms in total. The zero-order valence-corrected chi connectivity index (χ0v) is 15.5. The molecule has 21 heavy (non-hydrogen) atoms. The van der Waals surface area contributed by atoms with Gasteiger partial charge in [-0.3, -0.25) is 4.79 Å². The third kappa shape index (κ3) is 15.9. The van der Waals surface area contributed by atoms with Crippen LogP contribution in [-0.2, 0) is 4.79 Å². The molecule has 0 heterocycles. The van der Waals surface area contributed by atoms with Gasteiger partial charge in [0.1, 0.15) is 0 Å². The molecule has 4 heteroatoms. The van der Waals surface area contributed by atoms with Gasteiger partial charge in [-0.1, -0.05) is 71.3 Å². The monoisotopic (exact) mass is 362 g/mol. The van der Waals surface area contributed by atoms with Gasteiger partial charge in [0.05, 0.1) is 0 Å². The molecule has 0 aromatic carbocycles. The summed E-state index contributed by atoms with van der Waals surface area (Å²) in [6.45, 7) is 7.03. The smallest absolute Gasteiger partial charge is 0.243 e. The minimum atomic E-state index is -0.101. The van der Waals surface area contributed by atoms with Crippen LogP contribution < -0.4 is 11.1 Å². The summed E-state index contributed by atoms with van der Waals surface area (Å²) in [5, 5.41) is 2.83. The largest absolute Gasteiger partial charge is 0.352 e. The third-order valence-electron chi connectivity index (χ3n) is 3.80. The Morgan fingerprint density at radius 1 is 1.10 bits per heavy atom. The van der Waals surface area contributed by atoms with Crippen molar-refractivity contribution in [3.05, 3.63) is 12.7 Å². The van der Waals surface area contributed by atoms with Crippen LogP contribution in [0.4, 0.5) is 0 Å². The fourth-order valence-corrected chi connectivity index (χ4v) is 2.36. The Morgan fingerprint density at radius 3 is 2.10 bits per heavy atom. The van der Waals surface area contributed by atoms with Crippen molar-refractivity contribution in [2.75, 3.05) is 13.1 Å². The molecular formula is C17H35BrN2O. The van der Waals surface area contributed by atoms with E-state index in [1.54, 1.807) is 0 Å². The first-order valence-corrected chi connectivity index (χ1v) is 8.34. The van der Waals surface area contributed by atoms with Crippen LogP contribution in [-0.4, -0.2) is 19.0 Å². The molecular weight excluding hydrogens is 328 g/mol. The average Bonchev–Trinajstić information content (AvgIpc) is 2.48. The number of halogens is 1. The van der Waals surface area contributed by atoms with Gasteiger partial charge < -0.3 is 11.1 Å². The first kappa shape index (κ1) is 22.9. The molecule has 0 aromatic heterocycles. The summed E-state index contributed by atoms with van der Waals surface area (Å²) in [5.41, 5.74) is 5.73. The molecule has 0 rings (SSSR count). The van der Waals surface area contributed by atoms with Gasteiger partial charge in [-0.05, 0) is 25.0 Å². The molecule has 0 spiro atoms.